The summed E-state index contributed by atoms with van der Waals surface area (Å²) in [6.07, 6.45) is 6.82. The summed E-state index contributed by atoms with van der Waals surface area (Å²) < 4.78 is 0. The van der Waals surface area contributed by atoms with Crippen LogP contribution in [0.3, 0.4) is 0 Å². The van der Waals surface area contributed by atoms with Gasteiger partial charge in [-0.1, -0.05) is 20.3 Å². The van der Waals surface area contributed by atoms with Crippen molar-refractivity contribution in [2.45, 2.75) is 52.0 Å². The molecule has 0 bridgehead atoms. The lowest BCUT2D eigenvalue weighted by molar-refractivity contribution is 0.231. The summed E-state index contributed by atoms with van der Waals surface area (Å²) in [5, 5.41) is 3.44. The third-order valence-electron chi connectivity index (χ3n) is 3.28. The summed E-state index contributed by atoms with van der Waals surface area (Å²) in [6.45, 7) is 8.42. The van der Waals surface area contributed by atoms with Crippen LogP contribution in [0.1, 0.15) is 46.0 Å². The summed E-state index contributed by atoms with van der Waals surface area (Å²) >= 11 is 0. The molecule has 1 rings (SSSR count). The largest absolute Gasteiger partial charge is 0.316 e. The zero-order valence-corrected chi connectivity index (χ0v) is 10.8. The molecule has 1 saturated carbocycles. The van der Waals surface area contributed by atoms with E-state index in [0.29, 0.717) is 6.04 Å². The summed E-state index contributed by atoms with van der Waals surface area (Å²) in [6, 6.07) is 0.695. The van der Waals surface area contributed by atoms with Gasteiger partial charge in [0, 0.05) is 19.1 Å². The molecule has 0 amide bonds. The van der Waals surface area contributed by atoms with E-state index in [1.54, 1.807) is 0 Å². The second-order valence-corrected chi connectivity index (χ2v) is 4.98. The fourth-order valence-electron chi connectivity index (χ4n) is 2.23. The van der Waals surface area contributed by atoms with Crippen molar-refractivity contribution in [3.8, 4) is 0 Å². The van der Waals surface area contributed by atoms with Gasteiger partial charge in [-0.15, -0.1) is 0 Å². The molecular weight excluding hydrogens is 184 g/mol. The van der Waals surface area contributed by atoms with Gasteiger partial charge in [0.2, 0.25) is 0 Å². The van der Waals surface area contributed by atoms with Crippen LogP contribution in [0, 0.1) is 5.92 Å². The van der Waals surface area contributed by atoms with Crippen LogP contribution in [-0.2, 0) is 0 Å². The first-order valence-electron chi connectivity index (χ1n) is 6.69. The van der Waals surface area contributed by atoms with E-state index in [1.807, 2.05) is 0 Å². The van der Waals surface area contributed by atoms with E-state index in [1.165, 1.54) is 51.7 Å². The van der Waals surface area contributed by atoms with E-state index in [2.05, 4.69) is 31.1 Å². The van der Waals surface area contributed by atoms with Crippen LogP contribution in [0.4, 0.5) is 0 Å². The molecule has 1 aliphatic rings. The van der Waals surface area contributed by atoms with Crippen molar-refractivity contribution in [3.05, 3.63) is 0 Å². The summed E-state index contributed by atoms with van der Waals surface area (Å²) in [7, 11) is 2.10. The Morgan fingerprint density at radius 1 is 1.27 bits per heavy atom. The minimum atomic E-state index is 0.695. The zero-order valence-electron chi connectivity index (χ0n) is 10.8. The van der Waals surface area contributed by atoms with Crippen LogP contribution in [0.5, 0.6) is 0 Å². The summed E-state index contributed by atoms with van der Waals surface area (Å²) in [5.74, 6) is 1.02. The van der Waals surface area contributed by atoms with Crippen molar-refractivity contribution in [2.75, 3.05) is 26.7 Å². The summed E-state index contributed by atoms with van der Waals surface area (Å²) in [4.78, 5) is 2.66. The normalized spacial score (nSPS) is 18.4. The fraction of sp³-hybridized carbons (Fsp3) is 1.00. The first-order chi connectivity index (χ1) is 7.30. The van der Waals surface area contributed by atoms with Gasteiger partial charge in [0.15, 0.2) is 0 Å². The van der Waals surface area contributed by atoms with E-state index < -0.39 is 0 Å². The van der Waals surface area contributed by atoms with Gasteiger partial charge in [-0.2, -0.15) is 0 Å². The lowest BCUT2D eigenvalue weighted by Gasteiger charge is -2.27. The molecule has 0 aliphatic heterocycles. The molecule has 0 aromatic rings. The van der Waals surface area contributed by atoms with Gasteiger partial charge < -0.3 is 10.2 Å². The van der Waals surface area contributed by atoms with Crippen molar-refractivity contribution >= 4 is 0 Å². The highest BCUT2D eigenvalue weighted by atomic mass is 15.1. The number of rotatable bonds is 9. The molecule has 1 aliphatic carbocycles. The van der Waals surface area contributed by atoms with Crippen molar-refractivity contribution in [1.29, 1.82) is 0 Å². The molecule has 1 unspecified atom stereocenters. The molecule has 0 saturated heterocycles. The minimum Gasteiger partial charge on any atom is -0.316 e. The Balaban J connectivity index is 2.25. The first-order valence-corrected chi connectivity index (χ1v) is 6.69. The molecule has 0 radical (unpaired) electrons. The average molecular weight is 212 g/mol. The number of nitrogens with zero attached hydrogens (tertiary/aromatic N) is 1. The fourth-order valence-corrected chi connectivity index (χ4v) is 2.23. The molecule has 90 valence electrons. The molecule has 0 heterocycles. The third-order valence-corrected chi connectivity index (χ3v) is 3.28. The smallest absolute Gasteiger partial charge is 0.0191 e. The maximum Gasteiger partial charge on any atom is 0.0191 e. The van der Waals surface area contributed by atoms with E-state index in [4.69, 9.17) is 0 Å². The van der Waals surface area contributed by atoms with Crippen LogP contribution >= 0.6 is 0 Å². The predicted octanol–water partition coefficient (Wildman–Crippen LogP) is 2.50. The molecule has 2 nitrogen and oxygen atoms in total. The van der Waals surface area contributed by atoms with Gasteiger partial charge in [0.1, 0.15) is 0 Å². The van der Waals surface area contributed by atoms with Crippen LogP contribution in [-0.4, -0.2) is 37.6 Å². The first kappa shape index (κ1) is 13.0. The van der Waals surface area contributed by atoms with Crippen molar-refractivity contribution in [1.82, 2.24) is 10.2 Å². The lowest BCUT2D eigenvalue weighted by Crippen LogP contribution is -2.40. The van der Waals surface area contributed by atoms with Gasteiger partial charge in [-0.05, 0) is 45.2 Å². The zero-order chi connectivity index (χ0) is 11.1. The Morgan fingerprint density at radius 2 is 2.00 bits per heavy atom. The van der Waals surface area contributed by atoms with Crippen molar-refractivity contribution < 1.29 is 0 Å². The maximum absolute atomic E-state index is 3.44. The Hall–Kier alpha value is -0.0800. The lowest BCUT2D eigenvalue weighted by atomic mass is 10.1. The Labute approximate surface area is 95.4 Å². The Morgan fingerprint density at radius 3 is 2.47 bits per heavy atom. The number of hydrogen-bond donors (Lipinski definition) is 1. The Bertz CT molecular complexity index is 155. The predicted molar refractivity (Wildman–Crippen MR) is 67.2 cm³/mol. The number of likely N-dealkylation sites (N-methyl/N-ethyl adjacent to an activating group) is 1. The van der Waals surface area contributed by atoms with E-state index in [0.717, 1.165) is 5.92 Å². The molecular formula is C13H28N2. The molecule has 1 N–H and O–H groups in total. The number of hydrogen-bond acceptors (Lipinski definition) is 2. The highest BCUT2D eigenvalue weighted by Gasteiger charge is 2.24. The molecule has 0 spiro atoms. The SMILES string of the molecule is CCCC(CN(CCC)CC1CC1)NC. The maximum atomic E-state index is 3.44. The van der Waals surface area contributed by atoms with Crippen molar-refractivity contribution in [2.24, 2.45) is 5.92 Å². The van der Waals surface area contributed by atoms with Crippen molar-refractivity contribution in [3.63, 3.8) is 0 Å². The van der Waals surface area contributed by atoms with Crippen LogP contribution in [0.15, 0.2) is 0 Å². The second kappa shape index (κ2) is 7.24. The average Bonchev–Trinajstić information content (AvgIpc) is 3.01. The Kier molecular flexibility index (Phi) is 6.26. The second-order valence-electron chi connectivity index (χ2n) is 4.98. The topological polar surface area (TPSA) is 15.3 Å². The summed E-state index contributed by atoms with van der Waals surface area (Å²) in [5.41, 5.74) is 0. The quantitative estimate of drug-likeness (QED) is 0.632. The highest BCUT2D eigenvalue weighted by molar-refractivity contribution is 4.79. The van der Waals surface area contributed by atoms with Gasteiger partial charge in [-0.3, -0.25) is 0 Å². The van der Waals surface area contributed by atoms with Crippen LogP contribution in [0.2, 0.25) is 0 Å². The van der Waals surface area contributed by atoms with Crippen LogP contribution < -0.4 is 5.32 Å². The molecule has 1 atom stereocenters. The van der Waals surface area contributed by atoms with Gasteiger partial charge >= 0.3 is 0 Å². The monoisotopic (exact) mass is 212 g/mol. The molecule has 15 heavy (non-hydrogen) atoms. The van der Waals surface area contributed by atoms with Gasteiger partial charge in [0.05, 0.1) is 0 Å². The van der Waals surface area contributed by atoms with E-state index in [9.17, 15) is 0 Å². The number of nitrogens with one attached hydrogen (secondary N) is 1. The molecule has 0 aromatic heterocycles. The molecule has 1 fully saturated rings. The highest BCUT2D eigenvalue weighted by Crippen LogP contribution is 2.29. The van der Waals surface area contributed by atoms with E-state index >= 15 is 0 Å². The van der Waals surface area contributed by atoms with E-state index in [-0.39, 0.29) is 0 Å². The minimum absolute atomic E-state index is 0.695. The van der Waals surface area contributed by atoms with Gasteiger partial charge in [0.25, 0.3) is 0 Å². The molecule has 0 aromatic carbocycles. The van der Waals surface area contributed by atoms with Crippen LogP contribution in [0.25, 0.3) is 0 Å². The third kappa shape index (κ3) is 5.53. The standard InChI is InChI=1S/C13H28N2/c1-4-6-13(14-3)11-15(9-5-2)10-12-7-8-12/h12-14H,4-11H2,1-3H3. The molecule has 2 heteroatoms. The van der Waals surface area contributed by atoms with Gasteiger partial charge in [-0.25, -0.2) is 0 Å².